The molecule has 0 saturated carbocycles. The van der Waals surface area contributed by atoms with Crippen LogP contribution >= 0.6 is 0 Å². The van der Waals surface area contributed by atoms with Crippen molar-refractivity contribution < 1.29 is 14.3 Å². The molecule has 2 aliphatic heterocycles. The number of hydrogen-bond acceptors (Lipinski definition) is 4. The molecule has 2 aromatic carbocycles. The zero-order chi connectivity index (χ0) is 22.7. The zero-order valence-corrected chi connectivity index (χ0v) is 19.6. The molecule has 172 valence electrons. The summed E-state index contributed by atoms with van der Waals surface area (Å²) in [6.07, 6.45) is 0.798. The van der Waals surface area contributed by atoms with Crippen LogP contribution in [0.3, 0.4) is 0 Å². The summed E-state index contributed by atoms with van der Waals surface area (Å²) in [4.78, 5) is 17.7. The maximum atomic E-state index is 13.3. The number of rotatable bonds is 6. The molecule has 4 rings (SSSR count). The molecule has 6 heteroatoms. The summed E-state index contributed by atoms with van der Waals surface area (Å²) in [5.41, 5.74) is 3.44. The number of benzene rings is 2. The highest BCUT2D eigenvalue weighted by Gasteiger charge is 2.33. The Morgan fingerprint density at radius 1 is 1.06 bits per heavy atom. The van der Waals surface area contributed by atoms with E-state index < -0.39 is 0 Å². The average molecular weight is 438 g/mol. The highest BCUT2D eigenvalue weighted by molar-refractivity contribution is 5.76. The quantitative estimate of drug-likeness (QED) is 0.735. The van der Waals surface area contributed by atoms with E-state index in [1.807, 2.05) is 23.1 Å². The number of amides is 2. The van der Waals surface area contributed by atoms with E-state index in [2.05, 4.69) is 62.2 Å². The van der Waals surface area contributed by atoms with Crippen molar-refractivity contribution in [2.75, 3.05) is 32.8 Å². The van der Waals surface area contributed by atoms with Crippen LogP contribution in [0.2, 0.25) is 0 Å². The third-order valence-electron chi connectivity index (χ3n) is 6.38. The minimum absolute atomic E-state index is 0.0214. The molecule has 0 aliphatic carbocycles. The number of fused-ring (bicyclic) bond motifs is 2. The van der Waals surface area contributed by atoms with E-state index >= 15 is 0 Å². The fraction of sp³-hybridized carbons (Fsp3) is 0.500. The molecular weight excluding hydrogens is 402 g/mol. The predicted molar refractivity (Wildman–Crippen MR) is 127 cm³/mol. The van der Waals surface area contributed by atoms with E-state index in [9.17, 15) is 4.79 Å². The molecule has 6 nitrogen and oxygen atoms in total. The predicted octanol–water partition coefficient (Wildman–Crippen LogP) is 4.23. The van der Waals surface area contributed by atoms with Crippen molar-refractivity contribution in [1.29, 1.82) is 0 Å². The second-order valence-electron chi connectivity index (χ2n) is 9.11. The lowest BCUT2D eigenvalue weighted by Gasteiger charge is -2.38. The minimum atomic E-state index is -0.151. The molecule has 0 saturated heterocycles. The van der Waals surface area contributed by atoms with Gasteiger partial charge in [-0.05, 0) is 62.9 Å². The lowest BCUT2D eigenvalue weighted by Crippen LogP contribution is -2.49. The standard InChI is InChI=1S/C26H35N3O3/c1-18(2)28(19(3)4)13-11-27-26(30)29-12-10-21-16-23-24(32-15-14-31-23)17-22(21)25(29)20-8-6-5-7-9-20/h5-9,16-19,25H,10-15H2,1-4H3,(H,27,30). The van der Waals surface area contributed by atoms with Crippen LogP contribution in [0, 0.1) is 0 Å². The Kier molecular flexibility index (Phi) is 6.89. The monoisotopic (exact) mass is 437 g/mol. The minimum Gasteiger partial charge on any atom is -0.486 e. The third kappa shape index (κ3) is 4.70. The highest BCUT2D eigenvalue weighted by atomic mass is 16.6. The summed E-state index contributed by atoms with van der Waals surface area (Å²) >= 11 is 0. The average Bonchev–Trinajstić information content (AvgIpc) is 2.79. The smallest absolute Gasteiger partial charge is 0.318 e. The summed E-state index contributed by atoms with van der Waals surface area (Å²) in [7, 11) is 0. The first-order valence-corrected chi connectivity index (χ1v) is 11.7. The van der Waals surface area contributed by atoms with Gasteiger partial charge in [0.25, 0.3) is 0 Å². The van der Waals surface area contributed by atoms with Gasteiger partial charge in [-0.1, -0.05) is 30.3 Å². The fourth-order valence-corrected chi connectivity index (χ4v) is 4.88. The lowest BCUT2D eigenvalue weighted by atomic mass is 9.88. The van der Waals surface area contributed by atoms with Gasteiger partial charge in [-0.15, -0.1) is 0 Å². The van der Waals surface area contributed by atoms with Crippen LogP contribution in [0.1, 0.15) is 50.4 Å². The van der Waals surface area contributed by atoms with Crippen molar-refractivity contribution in [3.63, 3.8) is 0 Å². The Balaban J connectivity index is 1.57. The third-order valence-corrected chi connectivity index (χ3v) is 6.38. The molecule has 1 unspecified atom stereocenters. The van der Waals surface area contributed by atoms with Crippen molar-refractivity contribution in [3.8, 4) is 11.5 Å². The molecule has 0 spiro atoms. The summed E-state index contributed by atoms with van der Waals surface area (Å²) in [5.74, 6) is 1.57. The molecule has 1 N–H and O–H groups in total. The lowest BCUT2D eigenvalue weighted by molar-refractivity contribution is 0.160. The van der Waals surface area contributed by atoms with Crippen LogP contribution in [0.25, 0.3) is 0 Å². The number of ether oxygens (including phenoxy) is 2. The number of carbonyl (C=O) groups is 1. The maximum Gasteiger partial charge on any atom is 0.318 e. The Hall–Kier alpha value is -2.73. The molecule has 0 radical (unpaired) electrons. The van der Waals surface area contributed by atoms with Gasteiger partial charge in [0.15, 0.2) is 11.5 Å². The van der Waals surface area contributed by atoms with E-state index in [0.717, 1.165) is 35.6 Å². The van der Waals surface area contributed by atoms with Gasteiger partial charge in [0.05, 0.1) is 6.04 Å². The number of hydrogen-bond donors (Lipinski definition) is 1. The number of nitrogens with one attached hydrogen (secondary N) is 1. The van der Waals surface area contributed by atoms with Gasteiger partial charge < -0.3 is 19.7 Å². The molecule has 0 bridgehead atoms. The molecule has 0 fully saturated rings. The summed E-state index contributed by atoms with van der Waals surface area (Å²) in [6.45, 7) is 12.0. The molecule has 0 aromatic heterocycles. The van der Waals surface area contributed by atoms with Gasteiger partial charge in [0.1, 0.15) is 13.2 Å². The van der Waals surface area contributed by atoms with E-state index in [-0.39, 0.29) is 12.1 Å². The molecule has 2 aliphatic rings. The second kappa shape index (κ2) is 9.82. The van der Waals surface area contributed by atoms with Crippen LogP contribution in [0.5, 0.6) is 11.5 Å². The first kappa shape index (κ1) is 22.5. The van der Waals surface area contributed by atoms with Crippen LogP contribution < -0.4 is 14.8 Å². The summed E-state index contributed by atoms with van der Waals surface area (Å²) < 4.78 is 11.7. The van der Waals surface area contributed by atoms with Crippen molar-refractivity contribution in [2.24, 2.45) is 0 Å². The zero-order valence-electron chi connectivity index (χ0n) is 19.6. The topological polar surface area (TPSA) is 54.0 Å². The second-order valence-corrected chi connectivity index (χ2v) is 9.11. The van der Waals surface area contributed by atoms with E-state index in [4.69, 9.17) is 9.47 Å². The largest absolute Gasteiger partial charge is 0.486 e. The van der Waals surface area contributed by atoms with Gasteiger partial charge in [-0.2, -0.15) is 0 Å². The van der Waals surface area contributed by atoms with Crippen molar-refractivity contribution >= 4 is 6.03 Å². The van der Waals surface area contributed by atoms with Crippen molar-refractivity contribution in [1.82, 2.24) is 15.1 Å². The van der Waals surface area contributed by atoms with Crippen LogP contribution in [-0.2, 0) is 6.42 Å². The Labute approximate surface area is 191 Å². The summed E-state index contributed by atoms with van der Waals surface area (Å²) in [5, 5.41) is 3.17. The van der Waals surface area contributed by atoms with Gasteiger partial charge in [0, 0.05) is 31.7 Å². The molecule has 2 aromatic rings. The van der Waals surface area contributed by atoms with E-state index in [1.165, 1.54) is 5.56 Å². The van der Waals surface area contributed by atoms with Crippen molar-refractivity contribution in [2.45, 2.75) is 52.2 Å². The van der Waals surface area contributed by atoms with Crippen molar-refractivity contribution in [3.05, 3.63) is 59.2 Å². The molecule has 32 heavy (non-hydrogen) atoms. The van der Waals surface area contributed by atoms with E-state index in [1.54, 1.807) is 0 Å². The van der Waals surface area contributed by atoms with Crippen LogP contribution in [-0.4, -0.2) is 60.8 Å². The molecule has 2 heterocycles. The SMILES string of the molecule is CC(C)N(CCNC(=O)N1CCc2cc3c(cc2C1c1ccccc1)OCCO3)C(C)C. The fourth-order valence-electron chi connectivity index (χ4n) is 4.88. The van der Waals surface area contributed by atoms with Gasteiger partial charge in [0.2, 0.25) is 0 Å². The number of urea groups is 1. The maximum absolute atomic E-state index is 13.3. The Morgan fingerprint density at radius 3 is 2.38 bits per heavy atom. The first-order valence-electron chi connectivity index (χ1n) is 11.7. The Morgan fingerprint density at radius 2 is 1.72 bits per heavy atom. The Bertz CT molecular complexity index is 921. The van der Waals surface area contributed by atoms with Crippen LogP contribution in [0.4, 0.5) is 4.79 Å². The molecule has 1 atom stereocenters. The normalized spacial score (nSPS) is 17.6. The molecule has 2 amide bonds. The summed E-state index contributed by atoms with van der Waals surface area (Å²) in [6, 6.07) is 15.1. The highest BCUT2D eigenvalue weighted by Crippen LogP contribution is 2.41. The first-order chi connectivity index (χ1) is 15.5. The van der Waals surface area contributed by atoms with Crippen LogP contribution in [0.15, 0.2) is 42.5 Å². The number of carbonyl (C=O) groups excluding carboxylic acids is 1. The van der Waals surface area contributed by atoms with Gasteiger partial charge in [-0.25, -0.2) is 4.79 Å². The van der Waals surface area contributed by atoms with E-state index in [0.29, 0.717) is 38.4 Å². The number of nitrogens with zero attached hydrogens (tertiary/aromatic N) is 2. The van der Waals surface area contributed by atoms with Gasteiger partial charge in [-0.3, -0.25) is 4.90 Å². The molecular formula is C26H35N3O3. The van der Waals surface area contributed by atoms with Gasteiger partial charge >= 0.3 is 6.03 Å².